The van der Waals surface area contributed by atoms with Gasteiger partial charge in [-0.1, -0.05) is 0 Å². The summed E-state index contributed by atoms with van der Waals surface area (Å²) in [5.41, 5.74) is 0. The Morgan fingerprint density at radius 1 is 0.917 bits per heavy atom. The van der Waals surface area contributed by atoms with Gasteiger partial charge in [-0.2, -0.15) is 0 Å². The van der Waals surface area contributed by atoms with Gasteiger partial charge in [0.05, 0.1) is 0 Å². The predicted octanol–water partition coefficient (Wildman–Crippen LogP) is 4.10. The number of hydrogen-bond donors (Lipinski definition) is 0. The second-order valence-electron chi connectivity index (χ2n) is 4.30. The van der Waals surface area contributed by atoms with Crippen LogP contribution in [0, 0.1) is 0 Å². The molecule has 0 aromatic carbocycles. The van der Waals surface area contributed by atoms with E-state index in [9.17, 15) is 0 Å². The standard InChI is InChI=1S/C11H23.Na/c1-3-5-7-9-11-10-8-6-4-2;/h3H,4-11H2,1-2H3;. The van der Waals surface area contributed by atoms with Crippen LogP contribution in [0.25, 0.3) is 0 Å². The van der Waals surface area contributed by atoms with Crippen LogP contribution in [-0.2, 0) is 0 Å². The third-order valence-electron chi connectivity index (χ3n) is 2.39. The molecule has 0 radical (unpaired) electrons. The Morgan fingerprint density at radius 2 is 1.42 bits per heavy atom. The Labute approximate surface area is 95.9 Å². The Morgan fingerprint density at radius 3 is 1.92 bits per heavy atom. The molecule has 0 aliphatic rings. The van der Waals surface area contributed by atoms with Crippen molar-refractivity contribution in [2.75, 3.05) is 0 Å². The summed E-state index contributed by atoms with van der Waals surface area (Å²) in [5, 5.41) is 0. The molecular weight excluding hydrogens is 155 g/mol. The van der Waals surface area contributed by atoms with Gasteiger partial charge in [-0.15, -0.1) is 0 Å². The Kier molecular flexibility index (Phi) is 10.9. The predicted molar refractivity (Wildman–Crippen MR) is 57.8 cm³/mol. The van der Waals surface area contributed by atoms with Gasteiger partial charge >= 0.3 is 96.3 Å². The van der Waals surface area contributed by atoms with E-state index in [-0.39, 0.29) is 0 Å². The van der Waals surface area contributed by atoms with Gasteiger partial charge in [-0.05, 0) is 0 Å². The zero-order chi connectivity index (χ0) is 9.23. The van der Waals surface area contributed by atoms with Crippen molar-refractivity contribution in [3.8, 4) is 0 Å². The van der Waals surface area contributed by atoms with Crippen LogP contribution in [0.1, 0.15) is 65.2 Å². The summed E-state index contributed by atoms with van der Waals surface area (Å²) in [5.74, 6) is 0. The molecular formula is C11H23Na. The molecule has 0 heterocycles. The minimum absolute atomic E-state index is 1.04. The summed E-state index contributed by atoms with van der Waals surface area (Å²) in [6, 6.07) is 0. The van der Waals surface area contributed by atoms with Crippen LogP contribution in [0.3, 0.4) is 0 Å². The number of unbranched alkanes of at least 4 members (excludes halogenated alkanes) is 6. The van der Waals surface area contributed by atoms with E-state index < -0.39 is 0 Å². The Balaban J connectivity index is 2.82. The molecule has 0 nitrogen and oxygen atoms in total. The summed E-state index contributed by atoms with van der Waals surface area (Å²) in [6.45, 7) is 4.66. The van der Waals surface area contributed by atoms with Crippen LogP contribution in [0.2, 0.25) is 3.17 Å². The van der Waals surface area contributed by atoms with Crippen LogP contribution in [0.5, 0.6) is 0 Å². The summed E-state index contributed by atoms with van der Waals surface area (Å²) < 4.78 is 1.04. The van der Waals surface area contributed by atoms with Gasteiger partial charge in [-0.3, -0.25) is 0 Å². The number of hydrogen-bond acceptors (Lipinski definition) is 0. The van der Waals surface area contributed by atoms with Crippen molar-refractivity contribution in [3.05, 3.63) is 0 Å². The maximum absolute atomic E-state index is 2.38. The SMILES string of the molecule is CCCCCCCCC[CH](C)[Na]. The van der Waals surface area contributed by atoms with Gasteiger partial charge in [0.15, 0.2) is 0 Å². The Hall–Kier alpha value is 1.00. The molecule has 0 aromatic rings. The molecule has 68 valence electrons. The first kappa shape index (κ1) is 13.0. The second-order valence-corrected chi connectivity index (χ2v) is 6.28. The number of rotatable bonds is 8. The summed E-state index contributed by atoms with van der Waals surface area (Å²) >= 11 is 1.39. The van der Waals surface area contributed by atoms with Gasteiger partial charge in [0.2, 0.25) is 0 Å². The molecule has 12 heavy (non-hydrogen) atoms. The van der Waals surface area contributed by atoms with Crippen molar-refractivity contribution in [2.45, 2.75) is 68.4 Å². The molecule has 1 heteroatoms. The van der Waals surface area contributed by atoms with Crippen molar-refractivity contribution in [2.24, 2.45) is 0 Å². The third-order valence-corrected chi connectivity index (χ3v) is 2.96. The van der Waals surface area contributed by atoms with E-state index >= 15 is 0 Å². The average molecular weight is 178 g/mol. The molecule has 0 N–H and O–H groups in total. The molecule has 1 unspecified atom stereocenters. The van der Waals surface area contributed by atoms with Crippen LogP contribution in [0.15, 0.2) is 0 Å². The van der Waals surface area contributed by atoms with Crippen molar-refractivity contribution < 1.29 is 0 Å². The average Bonchev–Trinajstić information content (AvgIpc) is 2.02. The van der Waals surface area contributed by atoms with E-state index in [0.717, 1.165) is 3.17 Å². The first-order valence-electron chi connectivity index (χ1n) is 5.77. The zero-order valence-corrected chi connectivity index (χ0v) is 11.2. The summed E-state index contributed by atoms with van der Waals surface area (Å²) in [7, 11) is 0. The van der Waals surface area contributed by atoms with Gasteiger partial charge < -0.3 is 0 Å². The van der Waals surface area contributed by atoms with Crippen molar-refractivity contribution in [1.82, 2.24) is 0 Å². The monoisotopic (exact) mass is 178 g/mol. The molecule has 0 rings (SSSR count). The van der Waals surface area contributed by atoms with Gasteiger partial charge in [0, 0.05) is 0 Å². The first-order valence-corrected chi connectivity index (χ1v) is 6.92. The van der Waals surface area contributed by atoms with Crippen molar-refractivity contribution in [1.29, 1.82) is 0 Å². The zero-order valence-electron chi connectivity index (χ0n) is 9.23. The molecule has 0 aliphatic heterocycles. The quantitative estimate of drug-likeness (QED) is 0.387. The van der Waals surface area contributed by atoms with Gasteiger partial charge in [-0.25, -0.2) is 0 Å². The molecule has 0 amide bonds. The maximum atomic E-state index is 2.38. The first-order chi connectivity index (χ1) is 5.77. The molecule has 0 fully saturated rings. The van der Waals surface area contributed by atoms with E-state index in [1.165, 1.54) is 79.3 Å². The fraction of sp³-hybridized carbons (Fsp3) is 1.00. The van der Waals surface area contributed by atoms with Gasteiger partial charge in [0.1, 0.15) is 0 Å². The van der Waals surface area contributed by atoms with Crippen LogP contribution in [-0.4, -0.2) is 27.9 Å². The molecule has 0 saturated carbocycles. The summed E-state index contributed by atoms with van der Waals surface area (Å²) in [4.78, 5) is 0. The third kappa shape index (κ3) is 11.0. The molecule has 0 saturated heterocycles. The topological polar surface area (TPSA) is 0 Å². The molecule has 0 bridgehead atoms. The Bertz CT molecular complexity index is 79.1. The molecule has 0 aromatic heterocycles. The van der Waals surface area contributed by atoms with Crippen LogP contribution in [0.4, 0.5) is 0 Å². The van der Waals surface area contributed by atoms with Crippen molar-refractivity contribution in [3.63, 3.8) is 0 Å². The normalized spacial score (nSPS) is 13.3. The van der Waals surface area contributed by atoms with E-state index in [0.29, 0.717) is 0 Å². The molecule has 1 atom stereocenters. The van der Waals surface area contributed by atoms with Crippen molar-refractivity contribution >= 4 is 27.9 Å². The van der Waals surface area contributed by atoms with Gasteiger partial charge in [0.25, 0.3) is 0 Å². The fourth-order valence-corrected chi connectivity index (χ4v) is 1.92. The van der Waals surface area contributed by atoms with Crippen LogP contribution >= 0.6 is 0 Å². The molecule has 0 spiro atoms. The van der Waals surface area contributed by atoms with E-state index in [1.807, 2.05) is 0 Å². The molecule has 0 aliphatic carbocycles. The van der Waals surface area contributed by atoms with E-state index in [1.54, 1.807) is 0 Å². The van der Waals surface area contributed by atoms with E-state index in [2.05, 4.69) is 13.8 Å². The van der Waals surface area contributed by atoms with Crippen LogP contribution < -0.4 is 0 Å². The summed E-state index contributed by atoms with van der Waals surface area (Å²) in [6.07, 6.45) is 11.7. The minimum atomic E-state index is 1.04. The second kappa shape index (κ2) is 10.1. The van der Waals surface area contributed by atoms with E-state index in [4.69, 9.17) is 0 Å². The fourth-order valence-electron chi connectivity index (χ4n) is 1.51.